The Morgan fingerprint density at radius 2 is 1.68 bits per heavy atom. The lowest BCUT2D eigenvalue weighted by Gasteiger charge is -2.11. The molecule has 0 atom stereocenters. The molecular weight excluding hydrogens is 283 g/mol. The molecule has 2 rings (SSSR count). The summed E-state index contributed by atoms with van der Waals surface area (Å²) < 4.78 is 0. The van der Waals surface area contributed by atoms with E-state index in [2.05, 4.69) is 5.32 Å². The van der Waals surface area contributed by atoms with Crippen LogP contribution < -0.4 is 11.1 Å². The van der Waals surface area contributed by atoms with Crippen molar-refractivity contribution in [3.05, 3.63) is 57.6 Å². The van der Waals surface area contributed by atoms with Crippen LogP contribution in [0, 0.1) is 6.92 Å². The van der Waals surface area contributed by atoms with Gasteiger partial charge in [0, 0.05) is 11.3 Å². The van der Waals surface area contributed by atoms with Crippen LogP contribution in [0.4, 0.5) is 11.4 Å². The van der Waals surface area contributed by atoms with E-state index >= 15 is 0 Å². The Morgan fingerprint density at radius 3 is 2.32 bits per heavy atom. The molecule has 19 heavy (non-hydrogen) atoms. The molecule has 0 aromatic heterocycles. The second-order valence-electron chi connectivity index (χ2n) is 4.07. The van der Waals surface area contributed by atoms with Crippen molar-refractivity contribution < 1.29 is 4.79 Å². The molecule has 0 heterocycles. The van der Waals surface area contributed by atoms with Crippen molar-refractivity contribution in [2.75, 3.05) is 11.1 Å². The quantitative estimate of drug-likeness (QED) is 0.818. The normalized spacial score (nSPS) is 10.3. The molecule has 0 aliphatic heterocycles. The average molecular weight is 295 g/mol. The lowest BCUT2D eigenvalue weighted by molar-refractivity contribution is 0.102. The van der Waals surface area contributed by atoms with Crippen molar-refractivity contribution in [2.45, 2.75) is 6.92 Å². The molecule has 3 N–H and O–H groups in total. The summed E-state index contributed by atoms with van der Waals surface area (Å²) in [5.74, 6) is -0.292. The Bertz CT molecular complexity index is 621. The first-order chi connectivity index (χ1) is 9.00. The molecule has 0 aliphatic rings. The van der Waals surface area contributed by atoms with Gasteiger partial charge in [-0.25, -0.2) is 0 Å². The zero-order chi connectivity index (χ0) is 14.0. The Hall–Kier alpha value is -1.71. The number of nitrogen functional groups attached to an aromatic ring is 1. The molecule has 0 radical (unpaired) electrons. The van der Waals surface area contributed by atoms with Gasteiger partial charge in [0.25, 0.3) is 5.91 Å². The summed E-state index contributed by atoms with van der Waals surface area (Å²) in [6, 6.07) is 10.2. The Labute approximate surface area is 121 Å². The molecule has 2 aromatic rings. The van der Waals surface area contributed by atoms with Gasteiger partial charge in [0.15, 0.2) is 0 Å². The fraction of sp³-hybridized carbons (Fsp3) is 0.0714. The van der Waals surface area contributed by atoms with Crippen LogP contribution in [0.3, 0.4) is 0 Å². The average Bonchev–Trinajstić information content (AvgIpc) is 2.37. The maximum Gasteiger partial charge on any atom is 0.256 e. The number of nitrogens with one attached hydrogen (secondary N) is 1. The summed E-state index contributed by atoms with van der Waals surface area (Å²) >= 11 is 12.0. The minimum absolute atomic E-state index is 0.292. The number of hydrogen-bond donors (Lipinski definition) is 2. The maximum absolute atomic E-state index is 12.2. The van der Waals surface area contributed by atoms with Gasteiger partial charge < -0.3 is 11.1 Å². The molecule has 0 saturated carbocycles. The Balaban J connectivity index is 2.34. The van der Waals surface area contributed by atoms with E-state index in [9.17, 15) is 4.79 Å². The van der Waals surface area contributed by atoms with Crippen LogP contribution in [0.2, 0.25) is 10.0 Å². The monoisotopic (exact) mass is 294 g/mol. The zero-order valence-electron chi connectivity index (χ0n) is 10.2. The number of hydrogen-bond acceptors (Lipinski definition) is 2. The number of nitrogens with two attached hydrogens (primary N) is 1. The minimum atomic E-state index is -0.292. The number of carbonyl (C=O) groups excluding carboxylic acids is 1. The second kappa shape index (κ2) is 5.51. The van der Waals surface area contributed by atoms with Crippen LogP contribution in [0.1, 0.15) is 15.9 Å². The number of benzene rings is 2. The fourth-order valence-corrected chi connectivity index (χ4v) is 2.19. The largest absolute Gasteiger partial charge is 0.398 e. The van der Waals surface area contributed by atoms with Gasteiger partial charge in [0.1, 0.15) is 0 Å². The summed E-state index contributed by atoms with van der Waals surface area (Å²) in [7, 11) is 0. The van der Waals surface area contributed by atoms with Crippen LogP contribution >= 0.6 is 23.2 Å². The molecule has 0 saturated heterocycles. The van der Waals surface area contributed by atoms with Gasteiger partial charge in [-0.1, -0.05) is 35.3 Å². The maximum atomic E-state index is 12.2. The minimum Gasteiger partial charge on any atom is -0.398 e. The van der Waals surface area contributed by atoms with Crippen LogP contribution in [-0.4, -0.2) is 5.91 Å². The second-order valence-corrected chi connectivity index (χ2v) is 4.88. The van der Waals surface area contributed by atoms with Gasteiger partial charge in [0.2, 0.25) is 0 Å². The van der Waals surface area contributed by atoms with E-state index in [0.717, 1.165) is 5.56 Å². The van der Waals surface area contributed by atoms with Crippen LogP contribution in [0.25, 0.3) is 0 Å². The van der Waals surface area contributed by atoms with Gasteiger partial charge in [-0.2, -0.15) is 0 Å². The van der Waals surface area contributed by atoms with Crippen LogP contribution in [0.5, 0.6) is 0 Å². The third kappa shape index (κ3) is 2.83. The summed E-state index contributed by atoms with van der Waals surface area (Å²) in [5.41, 5.74) is 7.97. The van der Waals surface area contributed by atoms with Crippen molar-refractivity contribution in [1.29, 1.82) is 0 Å². The van der Waals surface area contributed by atoms with E-state index in [-0.39, 0.29) is 5.91 Å². The van der Waals surface area contributed by atoms with Gasteiger partial charge in [0.05, 0.1) is 15.7 Å². The Kier molecular flexibility index (Phi) is 3.98. The summed E-state index contributed by atoms with van der Waals surface area (Å²) in [5, 5.41) is 3.49. The Morgan fingerprint density at radius 1 is 1.11 bits per heavy atom. The van der Waals surface area contributed by atoms with Crippen molar-refractivity contribution in [3.63, 3.8) is 0 Å². The number of halogens is 2. The van der Waals surface area contributed by atoms with Crippen molar-refractivity contribution >= 4 is 40.5 Å². The molecule has 98 valence electrons. The molecule has 0 bridgehead atoms. The van der Waals surface area contributed by atoms with E-state index < -0.39 is 0 Å². The number of anilines is 2. The highest BCUT2D eigenvalue weighted by molar-refractivity contribution is 6.40. The lowest BCUT2D eigenvalue weighted by Crippen LogP contribution is -2.14. The first-order valence-corrected chi connectivity index (χ1v) is 6.36. The van der Waals surface area contributed by atoms with Crippen molar-refractivity contribution in [2.24, 2.45) is 0 Å². The van der Waals surface area contributed by atoms with Crippen molar-refractivity contribution in [3.8, 4) is 0 Å². The third-order valence-corrected chi connectivity index (χ3v) is 3.45. The van der Waals surface area contributed by atoms with E-state index in [4.69, 9.17) is 28.9 Å². The standard InChI is InChI=1S/C14H12Cl2N2O/c1-8-9(4-2-7-12(8)17)14(19)18-13-10(15)5-3-6-11(13)16/h2-7H,17H2,1H3,(H,18,19). The number of amides is 1. The smallest absolute Gasteiger partial charge is 0.256 e. The first kappa shape index (κ1) is 13.7. The highest BCUT2D eigenvalue weighted by atomic mass is 35.5. The molecule has 3 nitrogen and oxygen atoms in total. The van der Waals surface area contributed by atoms with E-state index in [0.29, 0.717) is 27.0 Å². The van der Waals surface area contributed by atoms with E-state index in [1.165, 1.54) is 0 Å². The molecule has 0 unspecified atom stereocenters. The number of para-hydroxylation sites is 1. The van der Waals surface area contributed by atoms with E-state index in [1.54, 1.807) is 43.3 Å². The third-order valence-electron chi connectivity index (χ3n) is 2.82. The highest BCUT2D eigenvalue weighted by Crippen LogP contribution is 2.30. The van der Waals surface area contributed by atoms with Crippen molar-refractivity contribution in [1.82, 2.24) is 0 Å². The van der Waals surface area contributed by atoms with E-state index in [1.807, 2.05) is 0 Å². The molecule has 1 amide bonds. The SMILES string of the molecule is Cc1c(N)cccc1C(=O)Nc1c(Cl)cccc1Cl. The molecular formula is C14H12Cl2N2O. The highest BCUT2D eigenvalue weighted by Gasteiger charge is 2.14. The predicted octanol–water partition coefficient (Wildman–Crippen LogP) is 4.14. The lowest BCUT2D eigenvalue weighted by atomic mass is 10.1. The number of rotatable bonds is 2. The first-order valence-electron chi connectivity index (χ1n) is 5.61. The predicted molar refractivity (Wildman–Crippen MR) is 80.0 cm³/mol. The zero-order valence-corrected chi connectivity index (χ0v) is 11.7. The van der Waals surface area contributed by atoms with Gasteiger partial charge in [-0.05, 0) is 36.8 Å². The van der Waals surface area contributed by atoms with Gasteiger partial charge in [-0.15, -0.1) is 0 Å². The molecule has 0 spiro atoms. The van der Waals surface area contributed by atoms with Crippen LogP contribution in [0.15, 0.2) is 36.4 Å². The molecule has 2 aromatic carbocycles. The topological polar surface area (TPSA) is 55.1 Å². The van der Waals surface area contributed by atoms with Crippen LogP contribution in [-0.2, 0) is 0 Å². The number of carbonyl (C=O) groups is 1. The molecule has 5 heteroatoms. The van der Waals surface area contributed by atoms with Gasteiger partial charge >= 0.3 is 0 Å². The summed E-state index contributed by atoms with van der Waals surface area (Å²) in [4.78, 5) is 12.2. The summed E-state index contributed by atoms with van der Waals surface area (Å²) in [6.45, 7) is 1.79. The van der Waals surface area contributed by atoms with Gasteiger partial charge in [-0.3, -0.25) is 4.79 Å². The molecule has 0 aliphatic carbocycles. The fourth-order valence-electron chi connectivity index (χ4n) is 1.70. The molecule has 0 fully saturated rings. The summed E-state index contributed by atoms with van der Waals surface area (Å²) in [6.07, 6.45) is 0.